The minimum Gasteiger partial charge on any atom is -0.326 e. The van der Waals surface area contributed by atoms with Gasteiger partial charge in [0.25, 0.3) is 5.91 Å². The molecule has 3 rings (SSSR count). The van der Waals surface area contributed by atoms with Gasteiger partial charge >= 0.3 is 0 Å². The summed E-state index contributed by atoms with van der Waals surface area (Å²) in [6.45, 7) is 7.83. The number of carbonyl (C=O) groups is 3. The molecule has 0 saturated heterocycles. The first-order chi connectivity index (χ1) is 14.7. The lowest BCUT2D eigenvalue weighted by Crippen LogP contribution is -2.36. The first kappa shape index (κ1) is 22.2. The van der Waals surface area contributed by atoms with E-state index < -0.39 is 0 Å². The molecule has 0 spiro atoms. The molecule has 31 heavy (non-hydrogen) atoms. The predicted octanol–water partition coefficient (Wildman–Crippen LogP) is 4.41. The van der Waals surface area contributed by atoms with Crippen LogP contribution in [0.25, 0.3) is 0 Å². The largest absolute Gasteiger partial charge is 0.326 e. The molecule has 0 radical (unpaired) electrons. The molecule has 2 aromatic rings. The van der Waals surface area contributed by atoms with Gasteiger partial charge in [0.2, 0.25) is 11.8 Å². The van der Waals surface area contributed by atoms with Gasteiger partial charge in [0, 0.05) is 30.6 Å². The van der Waals surface area contributed by atoms with Crippen LogP contribution in [0.3, 0.4) is 0 Å². The van der Waals surface area contributed by atoms with E-state index in [-0.39, 0.29) is 36.5 Å². The standard InChI is InChI=1S/C24H28N4O3/c1-15(2)13-22(29)25-18-7-9-19(10-8-18)26-24(31)20-11-12-23(30)28(27-20)21-14-16(3)5-6-17(21)4/h5-10,14-15H,11-13H2,1-4H3,(H,25,29)(H,26,31). The van der Waals surface area contributed by atoms with Gasteiger partial charge in [-0.1, -0.05) is 26.0 Å². The first-order valence-corrected chi connectivity index (χ1v) is 10.4. The highest BCUT2D eigenvalue weighted by Gasteiger charge is 2.26. The number of hydrazone groups is 1. The van der Waals surface area contributed by atoms with Crippen LogP contribution in [0, 0.1) is 19.8 Å². The van der Waals surface area contributed by atoms with Crippen LogP contribution < -0.4 is 15.6 Å². The molecule has 0 atom stereocenters. The number of benzene rings is 2. The van der Waals surface area contributed by atoms with Gasteiger partial charge in [0.1, 0.15) is 5.71 Å². The van der Waals surface area contributed by atoms with Gasteiger partial charge in [-0.2, -0.15) is 5.10 Å². The van der Waals surface area contributed by atoms with E-state index in [0.29, 0.717) is 29.2 Å². The number of nitrogens with one attached hydrogen (secondary N) is 2. The van der Waals surface area contributed by atoms with Crippen molar-refractivity contribution >= 4 is 40.5 Å². The summed E-state index contributed by atoms with van der Waals surface area (Å²) in [6, 6.07) is 12.7. The number of nitrogens with zero attached hydrogens (tertiary/aromatic N) is 2. The van der Waals surface area contributed by atoms with Gasteiger partial charge in [0.05, 0.1) is 5.69 Å². The summed E-state index contributed by atoms with van der Waals surface area (Å²) in [5.41, 5.74) is 4.18. The van der Waals surface area contributed by atoms with Crippen molar-refractivity contribution in [1.82, 2.24) is 0 Å². The zero-order valence-corrected chi connectivity index (χ0v) is 18.4. The van der Waals surface area contributed by atoms with Gasteiger partial charge in [-0.3, -0.25) is 14.4 Å². The molecular weight excluding hydrogens is 392 g/mol. The lowest BCUT2D eigenvalue weighted by atomic mass is 10.1. The Balaban J connectivity index is 1.70. The third kappa shape index (κ3) is 5.78. The lowest BCUT2D eigenvalue weighted by Gasteiger charge is -2.24. The first-order valence-electron chi connectivity index (χ1n) is 10.4. The van der Waals surface area contributed by atoms with Crippen molar-refractivity contribution < 1.29 is 14.4 Å². The Bertz CT molecular complexity index is 1030. The summed E-state index contributed by atoms with van der Waals surface area (Å²) < 4.78 is 0. The molecule has 0 fully saturated rings. The van der Waals surface area contributed by atoms with Gasteiger partial charge < -0.3 is 10.6 Å². The molecule has 162 valence electrons. The van der Waals surface area contributed by atoms with Crippen molar-refractivity contribution in [3.8, 4) is 0 Å². The average molecular weight is 421 g/mol. The molecule has 0 aromatic heterocycles. The number of rotatable bonds is 6. The second-order valence-corrected chi connectivity index (χ2v) is 8.22. The normalized spacial score (nSPS) is 13.8. The van der Waals surface area contributed by atoms with Crippen LogP contribution in [0.5, 0.6) is 0 Å². The molecule has 7 heteroatoms. The molecule has 0 bridgehead atoms. The smallest absolute Gasteiger partial charge is 0.271 e. The van der Waals surface area contributed by atoms with Crippen LogP contribution in [-0.4, -0.2) is 23.4 Å². The van der Waals surface area contributed by atoms with Crippen molar-refractivity contribution in [2.75, 3.05) is 15.6 Å². The topological polar surface area (TPSA) is 90.9 Å². The van der Waals surface area contributed by atoms with Gasteiger partial charge in [-0.05, 0) is 61.2 Å². The second kappa shape index (κ2) is 9.55. The van der Waals surface area contributed by atoms with Crippen LogP contribution in [0.1, 0.15) is 44.2 Å². The Kier molecular flexibility index (Phi) is 6.84. The highest BCUT2D eigenvalue weighted by molar-refractivity contribution is 6.44. The summed E-state index contributed by atoms with van der Waals surface area (Å²) in [7, 11) is 0. The lowest BCUT2D eigenvalue weighted by molar-refractivity contribution is -0.119. The molecule has 2 aromatic carbocycles. The molecule has 1 aliphatic rings. The van der Waals surface area contributed by atoms with E-state index >= 15 is 0 Å². The highest BCUT2D eigenvalue weighted by Crippen LogP contribution is 2.25. The van der Waals surface area contributed by atoms with Crippen molar-refractivity contribution in [3.05, 3.63) is 53.6 Å². The van der Waals surface area contributed by atoms with E-state index in [1.54, 1.807) is 24.3 Å². The number of aryl methyl sites for hydroxylation is 2. The maximum absolute atomic E-state index is 12.7. The number of hydrogen-bond donors (Lipinski definition) is 2. The SMILES string of the molecule is Cc1ccc(C)c(N2N=C(C(=O)Nc3ccc(NC(=O)CC(C)C)cc3)CCC2=O)c1. The number of amides is 3. The van der Waals surface area contributed by atoms with Crippen molar-refractivity contribution in [3.63, 3.8) is 0 Å². The molecule has 0 aliphatic carbocycles. The molecule has 2 N–H and O–H groups in total. The third-order valence-electron chi connectivity index (χ3n) is 4.91. The molecule has 1 aliphatic heterocycles. The quantitative estimate of drug-likeness (QED) is 0.725. The Labute approximate surface area is 182 Å². The Morgan fingerprint density at radius 1 is 1.00 bits per heavy atom. The molecule has 1 heterocycles. The number of anilines is 3. The minimum atomic E-state index is -0.348. The molecular formula is C24H28N4O3. The van der Waals surface area contributed by atoms with Crippen LogP contribution in [-0.2, 0) is 14.4 Å². The van der Waals surface area contributed by atoms with Crippen LogP contribution in [0.15, 0.2) is 47.6 Å². The summed E-state index contributed by atoms with van der Waals surface area (Å²) in [4.78, 5) is 37.0. The predicted molar refractivity (Wildman–Crippen MR) is 123 cm³/mol. The molecule has 3 amide bonds. The average Bonchev–Trinajstić information content (AvgIpc) is 2.71. The summed E-state index contributed by atoms with van der Waals surface area (Å²) >= 11 is 0. The maximum Gasteiger partial charge on any atom is 0.271 e. The number of carbonyl (C=O) groups excluding carboxylic acids is 3. The third-order valence-corrected chi connectivity index (χ3v) is 4.91. The van der Waals surface area contributed by atoms with E-state index in [4.69, 9.17) is 0 Å². The zero-order chi connectivity index (χ0) is 22.5. The van der Waals surface area contributed by atoms with Gasteiger partial charge in [-0.15, -0.1) is 0 Å². The maximum atomic E-state index is 12.7. The molecule has 0 saturated carbocycles. The van der Waals surface area contributed by atoms with Gasteiger partial charge in [-0.25, -0.2) is 5.01 Å². The summed E-state index contributed by atoms with van der Waals surface area (Å²) in [5, 5.41) is 11.3. The minimum absolute atomic E-state index is 0.0421. The van der Waals surface area contributed by atoms with E-state index in [9.17, 15) is 14.4 Å². The van der Waals surface area contributed by atoms with E-state index in [0.717, 1.165) is 11.1 Å². The second-order valence-electron chi connectivity index (χ2n) is 8.22. The van der Waals surface area contributed by atoms with Crippen molar-refractivity contribution in [2.24, 2.45) is 11.0 Å². The van der Waals surface area contributed by atoms with Gasteiger partial charge in [0.15, 0.2) is 0 Å². The van der Waals surface area contributed by atoms with Crippen molar-refractivity contribution in [2.45, 2.75) is 47.0 Å². The Hall–Kier alpha value is -3.48. The fourth-order valence-electron chi connectivity index (χ4n) is 3.28. The Morgan fingerprint density at radius 3 is 2.29 bits per heavy atom. The van der Waals surface area contributed by atoms with Crippen LogP contribution in [0.2, 0.25) is 0 Å². The van der Waals surface area contributed by atoms with E-state index in [1.165, 1.54) is 5.01 Å². The monoisotopic (exact) mass is 420 g/mol. The fraction of sp³-hybridized carbons (Fsp3) is 0.333. The highest BCUT2D eigenvalue weighted by atomic mass is 16.2. The summed E-state index contributed by atoms with van der Waals surface area (Å²) in [6.07, 6.45) is 0.962. The van der Waals surface area contributed by atoms with E-state index in [1.807, 2.05) is 45.9 Å². The number of hydrogen-bond acceptors (Lipinski definition) is 4. The molecule has 7 nitrogen and oxygen atoms in total. The zero-order valence-electron chi connectivity index (χ0n) is 18.4. The molecule has 0 unspecified atom stereocenters. The Morgan fingerprint density at radius 2 is 1.65 bits per heavy atom. The summed E-state index contributed by atoms with van der Waals surface area (Å²) in [5.74, 6) is -0.240. The van der Waals surface area contributed by atoms with Crippen molar-refractivity contribution in [1.29, 1.82) is 0 Å². The van der Waals surface area contributed by atoms with E-state index in [2.05, 4.69) is 15.7 Å². The van der Waals surface area contributed by atoms with Crippen LogP contribution in [0.4, 0.5) is 17.1 Å². The van der Waals surface area contributed by atoms with Crippen LogP contribution >= 0.6 is 0 Å². The fourth-order valence-corrected chi connectivity index (χ4v) is 3.28.